The first kappa shape index (κ1) is 28.1. The maximum Gasteiger partial charge on any atom is 1.00 e. The van der Waals surface area contributed by atoms with E-state index < -0.39 is 26.0 Å². The Morgan fingerprint density at radius 3 is 1.60 bits per heavy atom. The first-order valence-electron chi connectivity index (χ1n) is 7.72. The Kier molecular flexibility index (Phi) is 10.7. The van der Waals surface area contributed by atoms with Gasteiger partial charge in [-0.25, -0.2) is 30.4 Å². The first-order chi connectivity index (χ1) is 13.3. The smallest absolute Gasteiger partial charge is 0.543 e. The molecular formula is C16H18N5NaO6S2. The largest absolute Gasteiger partial charge is 1.00 e. The summed E-state index contributed by atoms with van der Waals surface area (Å²) in [4.78, 5) is 17.5. The van der Waals surface area contributed by atoms with E-state index >= 15 is 0 Å². The monoisotopic (exact) mass is 463 g/mol. The van der Waals surface area contributed by atoms with Gasteiger partial charge in [0.1, 0.15) is 21.6 Å². The molecule has 0 saturated carbocycles. The number of nitrogens with zero attached hydrogens (tertiary/aromatic N) is 5. The Balaban J connectivity index is 0.000000544. The van der Waals surface area contributed by atoms with E-state index in [0.29, 0.717) is 0 Å². The predicted octanol–water partition coefficient (Wildman–Crippen LogP) is -4.10. The average Bonchev–Trinajstić information content (AvgIpc) is 2.68. The zero-order valence-electron chi connectivity index (χ0n) is 17.0. The van der Waals surface area contributed by atoms with Crippen molar-refractivity contribution in [3.63, 3.8) is 0 Å². The Morgan fingerprint density at radius 1 is 0.900 bits per heavy atom. The van der Waals surface area contributed by atoms with Gasteiger partial charge in [0.25, 0.3) is 0 Å². The summed E-state index contributed by atoms with van der Waals surface area (Å²) < 4.78 is 48.3. The van der Waals surface area contributed by atoms with Crippen molar-refractivity contribution in [2.24, 2.45) is 0 Å². The van der Waals surface area contributed by atoms with E-state index in [1.54, 1.807) is 0 Å². The molecule has 0 saturated heterocycles. The molecule has 0 spiro atoms. The summed E-state index contributed by atoms with van der Waals surface area (Å²) in [5.41, 5.74) is -0.101. The van der Waals surface area contributed by atoms with Gasteiger partial charge in [-0.05, 0) is 24.3 Å². The van der Waals surface area contributed by atoms with Crippen molar-refractivity contribution in [1.82, 2.24) is 18.6 Å². The minimum absolute atomic E-state index is 0. The second kappa shape index (κ2) is 11.5. The average molecular weight is 463 g/mol. The normalized spacial score (nSPS) is 11.1. The van der Waals surface area contributed by atoms with Crippen molar-refractivity contribution in [1.29, 1.82) is 5.26 Å². The van der Waals surface area contributed by atoms with Crippen molar-refractivity contribution < 1.29 is 56.3 Å². The molecular weight excluding hydrogens is 445 g/mol. The molecule has 0 aliphatic heterocycles. The van der Waals surface area contributed by atoms with Crippen molar-refractivity contribution in [3.8, 4) is 6.07 Å². The summed E-state index contributed by atoms with van der Waals surface area (Å²) in [5.74, 6) is -1.44. The van der Waals surface area contributed by atoms with E-state index in [0.717, 1.165) is 20.9 Å². The molecule has 11 nitrogen and oxygen atoms in total. The number of carbonyl (C=O) groups excluding carboxylic acids is 1. The fraction of sp³-hybridized carbons (Fsp3) is 0.250. The molecule has 0 aliphatic rings. The zero-order chi connectivity index (χ0) is 22.4. The van der Waals surface area contributed by atoms with Crippen LogP contribution in [0.5, 0.6) is 0 Å². The number of carboxylic acid groups (broad SMARTS) is 1. The fourth-order valence-corrected chi connectivity index (χ4v) is 3.37. The van der Waals surface area contributed by atoms with E-state index in [2.05, 4.69) is 9.97 Å². The van der Waals surface area contributed by atoms with E-state index in [1.165, 1.54) is 52.6 Å². The van der Waals surface area contributed by atoms with Crippen LogP contribution < -0.4 is 34.7 Å². The van der Waals surface area contributed by atoms with Gasteiger partial charge in [0.15, 0.2) is 0 Å². The van der Waals surface area contributed by atoms with Crippen molar-refractivity contribution >= 4 is 26.0 Å². The number of carboxylic acids is 1. The number of nitriles is 1. The SMILES string of the molecule is CN(C)S(=O)(=O)c1ccc(C#N)nc1.CN(C)S(=O)(=O)c1ccc(C(=O)[O-])nc1.[Na+]. The zero-order valence-corrected chi connectivity index (χ0v) is 20.6. The first-order valence-corrected chi connectivity index (χ1v) is 10.6. The van der Waals surface area contributed by atoms with Gasteiger partial charge >= 0.3 is 29.6 Å². The molecule has 2 heterocycles. The van der Waals surface area contributed by atoms with E-state index in [9.17, 15) is 26.7 Å². The van der Waals surface area contributed by atoms with Crippen LogP contribution in [0.1, 0.15) is 16.2 Å². The van der Waals surface area contributed by atoms with Gasteiger partial charge in [0.2, 0.25) is 20.0 Å². The van der Waals surface area contributed by atoms with Gasteiger partial charge < -0.3 is 9.90 Å². The molecule has 0 amide bonds. The topological polar surface area (TPSA) is 164 Å². The third-order valence-electron chi connectivity index (χ3n) is 3.35. The Morgan fingerprint density at radius 2 is 1.33 bits per heavy atom. The van der Waals surface area contributed by atoms with E-state index in [-0.39, 0.29) is 50.7 Å². The van der Waals surface area contributed by atoms with E-state index in [4.69, 9.17) is 5.26 Å². The van der Waals surface area contributed by atoms with Gasteiger partial charge in [-0.3, -0.25) is 4.98 Å². The number of carbonyl (C=O) groups is 1. The quantitative estimate of drug-likeness (QED) is 0.401. The third kappa shape index (κ3) is 7.10. The van der Waals surface area contributed by atoms with Crippen molar-refractivity contribution in [2.75, 3.05) is 28.2 Å². The van der Waals surface area contributed by atoms with Crippen LogP contribution >= 0.6 is 0 Å². The molecule has 30 heavy (non-hydrogen) atoms. The summed E-state index contributed by atoms with van der Waals surface area (Å²) in [6.07, 6.45) is 2.16. The van der Waals surface area contributed by atoms with Crippen LogP contribution in [0.15, 0.2) is 46.5 Å². The van der Waals surface area contributed by atoms with Gasteiger partial charge in [0.05, 0.1) is 11.7 Å². The third-order valence-corrected chi connectivity index (χ3v) is 6.95. The van der Waals surface area contributed by atoms with Gasteiger partial charge in [-0.15, -0.1) is 0 Å². The molecule has 14 heteroatoms. The molecule has 2 aromatic heterocycles. The molecule has 0 unspecified atom stereocenters. The Bertz CT molecular complexity index is 1110. The summed E-state index contributed by atoms with van der Waals surface area (Å²) in [5, 5.41) is 18.8. The molecule has 0 aliphatic carbocycles. The van der Waals surface area contributed by atoms with Crippen LogP contribution in [-0.2, 0) is 20.0 Å². The molecule has 0 aromatic carbocycles. The minimum atomic E-state index is -3.56. The minimum Gasteiger partial charge on any atom is -0.543 e. The van der Waals surface area contributed by atoms with E-state index in [1.807, 2.05) is 6.07 Å². The number of sulfonamides is 2. The molecule has 156 valence electrons. The summed E-state index contributed by atoms with van der Waals surface area (Å²) in [6, 6.07) is 6.81. The molecule has 2 aromatic rings. The van der Waals surface area contributed by atoms with Crippen LogP contribution in [0.2, 0.25) is 0 Å². The maximum absolute atomic E-state index is 11.5. The molecule has 2 rings (SSSR count). The summed E-state index contributed by atoms with van der Waals surface area (Å²) in [6.45, 7) is 0. The fourth-order valence-electron chi connectivity index (χ4n) is 1.67. The second-order valence-electron chi connectivity index (χ2n) is 5.73. The molecule has 0 fully saturated rings. The molecule has 0 N–H and O–H groups in total. The number of pyridine rings is 2. The van der Waals surface area contributed by atoms with Crippen molar-refractivity contribution in [3.05, 3.63) is 48.0 Å². The van der Waals surface area contributed by atoms with Crippen LogP contribution in [-0.4, -0.2) is 69.6 Å². The number of hydrogen-bond donors (Lipinski definition) is 0. The Hall–Kier alpha value is -1.92. The number of aromatic carboxylic acids is 1. The van der Waals surface area contributed by atoms with Crippen LogP contribution in [0.3, 0.4) is 0 Å². The predicted molar refractivity (Wildman–Crippen MR) is 99.3 cm³/mol. The van der Waals surface area contributed by atoms with Gasteiger partial charge in [0, 0.05) is 40.6 Å². The van der Waals surface area contributed by atoms with Crippen LogP contribution in [0, 0.1) is 11.3 Å². The molecule has 0 atom stereocenters. The molecule has 0 bridgehead atoms. The number of aromatic nitrogens is 2. The number of hydrogen-bond acceptors (Lipinski definition) is 9. The van der Waals surface area contributed by atoms with Crippen LogP contribution in [0.25, 0.3) is 0 Å². The number of rotatable bonds is 5. The van der Waals surface area contributed by atoms with Gasteiger partial charge in [-0.1, -0.05) is 0 Å². The Labute approximate surface area is 197 Å². The van der Waals surface area contributed by atoms with Crippen LogP contribution in [0.4, 0.5) is 0 Å². The summed E-state index contributed by atoms with van der Waals surface area (Å²) >= 11 is 0. The standard InChI is InChI=1S/C8H9N3O2S.C8H10N2O4S.Na/c1-11(2)14(12,13)8-4-3-7(5-9)10-6-8;1-10(2)15(13,14)6-3-4-7(8(11)12)9-5-6;/h3-4,6H,1-2H3;3-5H,1-2H3,(H,11,12);/q;;+1/p-1. The maximum atomic E-state index is 11.5. The van der Waals surface area contributed by atoms with Crippen molar-refractivity contribution in [2.45, 2.75) is 9.79 Å². The summed E-state index contributed by atoms with van der Waals surface area (Å²) in [7, 11) is -1.37. The molecule has 0 radical (unpaired) electrons. The van der Waals surface area contributed by atoms with Gasteiger partial charge in [-0.2, -0.15) is 5.26 Å². The second-order valence-corrected chi connectivity index (χ2v) is 10.0.